The van der Waals surface area contributed by atoms with Crippen LogP contribution in [0.1, 0.15) is 11.1 Å². The molecule has 0 aliphatic rings. The highest BCUT2D eigenvalue weighted by atomic mass is 14.8. The molecule has 0 aliphatic heterocycles. The maximum atomic E-state index is 4.84. The third-order valence-electron chi connectivity index (χ3n) is 4.16. The van der Waals surface area contributed by atoms with Crippen molar-refractivity contribution in [1.82, 2.24) is 9.97 Å². The van der Waals surface area contributed by atoms with E-state index in [1.54, 1.807) is 0 Å². The molecular weight excluding hydrogens is 292 g/mol. The highest BCUT2D eigenvalue weighted by molar-refractivity contribution is 5.84. The molecule has 24 heavy (non-hydrogen) atoms. The molecule has 0 atom stereocenters. The van der Waals surface area contributed by atoms with E-state index in [1.165, 1.54) is 16.5 Å². The van der Waals surface area contributed by atoms with E-state index in [2.05, 4.69) is 61.3 Å². The van der Waals surface area contributed by atoms with Gasteiger partial charge in [0.25, 0.3) is 0 Å². The van der Waals surface area contributed by atoms with Crippen molar-refractivity contribution < 1.29 is 0 Å². The fraction of sp³-hybridized carbons (Fsp3) is 0.0909. The van der Waals surface area contributed by atoms with Crippen molar-refractivity contribution >= 4 is 10.8 Å². The molecular formula is C22H18N2. The van der Waals surface area contributed by atoms with Gasteiger partial charge in [-0.2, -0.15) is 0 Å². The molecule has 2 heterocycles. The Morgan fingerprint density at radius 3 is 2.12 bits per heavy atom. The number of nitrogens with zero attached hydrogens (tertiary/aromatic N) is 2. The smallest absolute Gasteiger partial charge is 0.0893 e. The largest absolute Gasteiger partial charge is 0.254 e. The van der Waals surface area contributed by atoms with Crippen molar-refractivity contribution in [1.29, 1.82) is 0 Å². The Morgan fingerprint density at radius 1 is 0.625 bits per heavy atom. The van der Waals surface area contributed by atoms with Crippen LogP contribution < -0.4 is 0 Å². The average molecular weight is 310 g/mol. The number of fused-ring (bicyclic) bond motifs is 1. The van der Waals surface area contributed by atoms with Crippen LogP contribution in [0.15, 0.2) is 72.9 Å². The summed E-state index contributed by atoms with van der Waals surface area (Å²) in [5.41, 5.74) is 6.43. The quantitative estimate of drug-likeness (QED) is 0.483. The van der Waals surface area contributed by atoms with Crippen LogP contribution in [-0.4, -0.2) is 9.97 Å². The van der Waals surface area contributed by atoms with Crippen LogP contribution in [0.2, 0.25) is 0 Å². The van der Waals surface area contributed by atoms with E-state index in [1.807, 2.05) is 30.5 Å². The van der Waals surface area contributed by atoms with Gasteiger partial charge in [-0.15, -0.1) is 0 Å². The van der Waals surface area contributed by atoms with Gasteiger partial charge in [0.05, 0.1) is 17.1 Å². The molecule has 4 rings (SSSR count). The first-order chi connectivity index (χ1) is 11.7. The Labute approximate surface area is 141 Å². The van der Waals surface area contributed by atoms with E-state index in [4.69, 9.17) is 4.98 Å². The summed E-state index contributed by atoms with van der Waals surface area (Å²) in [5, 5.41) is 2.33. The van der Waals surface area contributed by atoms with Gasteiger partial charge in [-0.3, -0.25) is 4.98 Å². The Morgan fingerprint density at radius 2 is 1.33 bits per heavy atom. The summed E-state index contributed by atoms with van der Waals surface area (Å²) >= 11 is 0. The molecule has 0 fully saturated rings. The minimum Gasteiger partial charge on any atom is -0.254 e. The van der Waals surface area contributed by atoms with Crippen molar-refractivity contribution in [2.24, 2.45) is 0 Å². The van der Waals surface area contributed by atoms with Crippen LogP contribution >= 0.6 is 0 Å². The number of pyridine rings is 2. The van der Waals surface area contributed by atoms with Gasteiger partial charge in [-0.25, -0.2) is 4.98 Å². The third kappa shape index (κ3) is 2.79. The highest BCUT2D eigenvalue weighted by Crippen LogP contribution is 2.25. The Hall–Kier alpha value is -3.00. The zero-order valence-electron chi connectivity index (χ0n) is 13.8. The maximum absolute atomic E-state index is 4.84. The summed E-state index contributed by atoms with van der Waals surface area (Å²) in [4.78, 5) is 9.42. The molecule has 2 aromatic carbocycles. The summed E-state index contributed by atoms with van der Waals surface area (Å²) < 4.78 is 0. The van der Waals surface area contributed by atoms with Crippen molar-refractivity contribution in [3.05, 3.63) is 84.1 Å². The molecule has 0 aliphatic carbocycles. The van der Waals surface area contributed by atoms with Gasteiger partial charge in [-0.1, -0.05) is 47.5 Å². The normalized spacial score (nSPS) is 10.9. The summed E-state index contributed by atoms with van der Waals surface area (Å²) in [5.74, 6) is 0. The Balaban J connectivity index is 1.81. The molecule has 4 aromatic rings. The van der Waals surface area contributed by atoms with Crippen LogP contribution in [-0.2, 0) is 0 Å². The molecule has 0 unspecified atom stereocenters. The summed E-state index contributed by atoms with van der Waals surface area (Å²) in [6.45, 7) is 4.23. The average Bonchev–Trinajstić information content (AvgIpc) is 2.60. The standard InChI is InChI=1S/C22H18N2/c1-15-10-16(2)12-19(11-15)20-8-5-9-21(24-20)22-13-17-6-3-4-7-18(17)14-23-22/h3-14H,1-2H3. The third-order valence-corrected chi connectivity index (χ3v) is 4.16. The van der Waals surface area contributed by atoms with Gasteiger partial charge in [0.2, 0.25) is 0 Å². The predicted molar refractivity (Wildman–Crippen MR) is 99.9 cm³/mol. The Kier molecular flexibility index (Phi) is 3.58. The highest BCUT2D eigenvalue weighted by Gasteiger charge is 2.06. The first-order valence-electron chi connectivity index (χ1n) is 8.10. The Bertz CT molecular complexity index is 1010. The molecule has 0 radical (unpaired) electrons. The zero-order valence-corrected chi connectivity index (χ0v) is 13.8. The number of aryl methyl sites for hydroxylation is 2. The van der Waals surface area contributed by atoms with E-state index in [0.717, 1.165) is 28.0 Å². The van der Waals surface area contributed by atoms with Crippen molar-refractivity contribution in [3.8, 4) is 22.6 Å². The summed E-state index contributed by atoms with van der Waals surface area (Å²) in [6.07, 6.45) is 1.91. The molecule has 2 nitrogen and oxygen atoms in total. The van der Waals surface area contributed by atoms with Gasteiger partial charge in [0.1, 0.15) is 0 Å². The van der Waals surface area contributed by atoms with Gasteiger partial charge in [-0.05, 0) is 49.6 Å². The second-order valence-corrected chi connectivity index (χ2v) is 6.20. The fourth-order valence-electron chi connectivity index (χ4n) is 3.08. The van der Waals surface area contributed by atoms with Crippen molar-refractivity contribution in [3.63, 3.8) is 0 Å². The van der Waals surface area contributed by atoms with E-state index < -0.39 is 0 Å². The SMILES string of the molecule is Cc1cc(C)cc(-c2cccc(-c3cc4ccccc4cn3)n2)c1. The first-order valence-corrected chi connectivity index (χ1v) is 8.10. The number of hydrogen-bond donors (Lipinski definition) is 0. The monoisotopic (exact) mass is 310 g/mol. The lowest BCUT2D eigenvalue weighted by Gasteiger charge is -2.07. The van der Waals surface area contributed by atoms with Crippen LogP contribution in [0.3, 0.4) is 0 Å². The van der Waals surface area contributed by atoms with Crippen molar-refractivity contribution in [2.45, 2.75) is 13.8 Å². The van der Waals surface area contributed by atoms with Crippen molar-refractivity contribution in [2.75, 3.05) is 0 Å². The minimum atomic E-state index is 0.900. The second kappa shape index (κ2) is 5.89. The van der Waals surface area contributed by atoms with E-state index in [9.17, 15) is 0 Å². The molecule has 0 bridgehead atoms. The van der Waals surface area contributed by atoms with E-state index in [0.29, 0.717) is 0 Å². The lowest BCUT2D eigenvalue weighted by atomic mass is 10.0. The zero-order chi connectivity index (χ0) is 16.5. The minimum absolute atomic E-state index is 0.900. The predicted octanol–water partition coefficient (Wildman–Crippen LogP) is 5.58. The van der Waals surface area contributed by atoms with Crippen LogP contribution in [0, 0.1) is 13.8 Å². The molecule has 0 saturated carbocycles. The molecule has 116 valence electrons. The molecule has 0 N–H and O–H groups in total. The lowest BCUT2D eigenvalue weighted by Crippen LogP contribution is -1.91. The molecule has 0 spiro atoms. The first kappa shape index (κ1) is 14.6. The lowest BCUT2D eigenvalue weighted by molar-refractivity contribution is 1.25. The maximum Gasteiger partial charge on any atom is 0.0893 e. The van der Waals surface area contributed by atoms with E-state index in [-0.39, 0.29) is 0 Å². The van der Waals surface area contributed by atoms with E-state index >= 15 is 0 Å². The van der Waals surface area contributed by atoms with Crippen LogP contribution in [0.25, 0.3) is 33.4 Å². The topological polar surface area (TPSA) is 25.8 Å². The molecule has 0 amide bonds. The summed E-state index contributed by atoms with van der Waals surface area (Å²) in [6, 6.07) is 23.0. The van der Waals surface area contributed by atoms with Gasteiger partial charge < -0.3 is 0 Å². The van der Waals surface area contributed by atoms with Gasteiger partial charge in [0, 0.05) is 17.1 Å². The fourth-order valence-corrected chi connectivity index (χ4v) is 3.08. The number of hydrogen-bond acceptors (Lipinski definition) is 2. The number of aromatic nitrogens is 2. The van der Waals surface area contributed by atoms with Crippen LogP contribution in [0.5, 0.6) is 0 Å². The number of rotatable bonds is 2. The summed E-state index contributed by atoms with van der Waals surface area (Å²) in [7, 11) is 0. The second-order valence-electron chi connectivity index (χ2n) is 6.20. The van der Waals surface area contributed by atoms with Gasteiger partial charge in [0.15, 0.2) is 0 Å². The molecule has 0 saturated heterocycles. The van der Waals surface area contributed by atoms with Gasteiger partial charge >= 0.3 is 0 Å². The number of benzene rings is 2. The molecule has 2 aromatic heterocycles. The van der Waals surface area contributed by atoms with Crippen LogP contribution in [0.4, 0.5) is 0 Å². The molecule has 2 heteroatoms.